The third-order valence-electron chi connectivity index (χ3n) is 4.72. The number of hydrazone groups is 1. The van der Waals surface area contributed by atoms with E-state index in [1.54, 1.807) is 16.3 Å². The first-order valence-electron chi connectivity index (χ1n) is 8.97. The number of hydrogen-bond donors (Lipinski definition) is 3. The second-order valence-corrected chi connectivity index (χ2v) is 8.77. The third kappa shape index (κ3) is 3.91. The van der Waals surface area contributed by atoms with Gasteiger partial charge in [0, 0.05) is 17.0 Å². The number of fused-ring (bicyclic) bond motifs is 1. The predicted octanol–water partition coefficient (Wildman–Crippen LogP) is 2.76. The number of thiophene rings is 1. The van der Waals surface area contributed by atoms with Gasteiger partial charge in [-0.15, -0.1) is 16.4 Å². The highest BCUT2D eigenvalue weighted by Crippen LogP contribution is 2.33. The first-order chi connectivity index (χ1) is 13.5. The molecule has 2 aliphatic rings. The van der Waals surface area contributed by atoms with Gasteiger partial charge in [-0.3, -0.25) is 14.6 Å². The molecule has 0 bridgehead atoms. The summed E-state index contributed by atoms with van der Waals surface area (Å²) in [6.45, 7) is 3.96. The number of rotatable bonds is 4. The minimum Gasteiger partial charge on any atom is -0.325 e. The van der Waals surface area contributed by atoms with E-state index >= 15 is 0 Å². The van der Waals surface area contributed by atoms with E-state index in [1.807, 2.05) is 43.5 Å². The van der Waals surface area contributed by atoms with Gasteiger partial charge >= 0.3 is 0 Å². The van der Waals surface area contributed by atoms with Gasteiger partial charge in [-0.25, -0.2) is 10.9 Å². The van der Waals surface area contributed by atoms with E-state index < -0.39 is 0 Å². The standard InChI is InChI=1S/C19H21N5O2S2/c1-11-5-6-12(2)13(8-11)20-17(25)10-28-19-22-21-18(26)15-9-14(23-24(15)19)16-4-3-7-27-16/h3-8,14-15,23H,9-10H2,1-2H3,(H,20,25)(H,21,26). The molecular formula is C19H21N5O2S2. The minimum atomic E-state index is -0.325. The van der Waals surface area contributed by atoms with E-state index in [-0.39, 0.29) is 29.7 Å². The summed E-state index contributed by atoms with van der Waals surface area (Å²) in [6.07, 6.45) is 0.667. The second kappa shape index (κ2) is 7.94. The maximum atomic E-state index is 12.4. The number of thioether (sulfide) groups is 1. The summed E-state index contributed by atoms with van der Waals surface area (Å²) in [6, 6.07) is 9.77. The van der Waals surface area contributed by atoms with Gasteiger partial charge in [0.05, 0.1) is 11.8 Å². The molecule has 2 amide bonds. The van der Waals surface area contributed by atoms with Crippen LogP contribution in [0.5, 0.6) is 0 Å². The summed E-state index contributed by atoms with van der Waals surface area (Å²) in [5.41, 5.74) is 8.88. The molecule has 1 saturated heterocycles. The van der Waals surface area contributed by atoms with Crippen molar-refractivity contribution in [1.29, 1.82) is 0 Å². The quantitative estimate of drug-likeness (QED) is 0.715. The molecule has 1 fully saturated rings. The van der Waals surface area contributed by atoms with Crippen molar-refractivity contribution in [1.82, 2.24) is 15.9 Å². The fourth-order valence-electron chi connectivity index (χ4n) is 3.24. The zero-order valence-electron chi connectivity index (χ0n) is 15.6. The maximum Gasteiger partial charge on any atom is 0.264 e. The number of carbonyl (C=O) groups is 2. The van der Waals surface area contributed by atoms with E-state index in [9.17, 15) is 9.59 Å². The molecule has 28 heavy (non-hydrogen) atoms. The molecule has 2 atom stereocenters. The van der Waals surface area contributed by atoms with Crippen LogP contribution in [0.15, 0.2) is 40.8 Å². The molecule has 3 N–H and O–H groups in total. The highest BCUT2D eigenvalue weighted by atomic mass is 32.2. The fourth-order valence-corrected chi connectivity index (χ4v) is 4.79. The summed E-state index contributed by atoms with van der Waals surface area (Å²) in [5.74, 6) is -0.0315. The van der Waals surface area contributed by atoms with Crippen molar-refractivity contribution < 1.29 is 9.59 Å². The number of anilines is 1. The molecule has 7 nitrogen and oxygen atoms in total. The lowest BCUT2D eigenvalue weighted by molar-refractivity contribution is -0.125. The van der Waals surface area contributed by atoms with Crippen molar-refractivity contribution in [3.63, 3.8) is 0 Å². The van der Waals surface area contributed by atoms with E-state index in [1.165, 1.54) is 16.6 Å². The molecule has 1 aromatic carbocycles. The molecule has 0 radical (unpaired) electrons. The van der Waals surface area contributed by atoms with Gasteiger partial charge in [-0.05, 0) is 42.5 Å². The monoisotopic (exact) mass is 415 g/mol. The lowest BCUT2D eigenvalue weighted by Gasteiger charge is -2.29. The largest absolute Gasteiger partial charge is 0.325 e. The van der Waals surface area contributed by atoms with E-state index in [2.05, 4.69) is 27.3 Å². The molecule has 1 aromatic heterocycles. The first-order valence-corrected chi connectivity index (χ1v) is 10.8. The van der Waals surface area contributed by atoms with Crippen molar-refractivity contribution in [2.24, 2.45) is 5.10 Å². The van der Waals surface area contributed by atoms with Crippen LogP contribution in [-0.4, -0.2) is 33.8 Å². The number of aryl methyl sites for hydroxylation is 2. The predicted molar refractivity (Wildman–Crippen MR) is 113 cm³/mol. The number of nitrogens with zero attached hydrogens (tertiary/aromatic N) is 2. The molecular weight excluding hydrogens is 394 g/mol. The zero-order chi connectivity index (χ0) is 19.7. The van der Waals surface area contributed by atoms with Gasteiger partial charge in [-0.2, -0.15) is 0 Å². The summed E-state index contributed by atoms with van der Waals surface area (Å²) in [5, 5.41) is 11.5. The highest BCUT2D eigenvalue weighted by Gasteiger charge is 2.42. The summed E-state index contributed by atoms with van der Waals surface area (Å²) in [4.78, 5) is 25.8. The van der Waals surface area contributed by atoms with E-state index in [0.29, 0.717) is 11.6 Å². The van der Waals surface area contributed by atoms with E-state index in [0.717, 1.165) is 16.8 Å². The van der Waals surface area contributed by atoms with Crippen molar-refractivity contribution >= 4 is 45.8 Å². The Bertz CT molecular complexity index is 928. The molecule has 146 valence electrons. The molecule has 4 rings (SSSR count). The molecule has 3 heterocycles. The van der Waals surface area contributed by atoms with Gasteiger partial charge in [-0.1, -0.05) is 30.0 Å². The minimum absolute atomic E-state index is 0.0726. The van der Waals surface area contributed by atoms with Crippen LogP contribution in [-0.2, 0) is 9.59 Å². The van der Waals surface area contributed by atoms with Crippen LogP contribution in [0.1, 0.15) is 28.5 Å². The molecule has 0 spiro atoms. The van der Waals surface area contributed by atoms with Crippen molar-refractivity contribution in [2.75, 3.05) is 11.1 Å². The molecule has 0 aliphatic carbocycles. The summed E-state index contributed by atoms with van der Waals surface area (Å²) >= 11 is 2.96. The van der Waals surface area contributed by atoms with Crippen molar-refractivity contribution in [3.05, 3.63) is 51.7 Å². The number of benzene rings is 1. The zero-order valence-corrected chi connectivity index (χ0v) is 17.2. The van der Waals surface area contributed by atoms with Crippen molar-refractivity contribution in [2.45, 2.75) is 32.4 Å². The van der Waals surface area contributed by atoms with E-state index in [4.69, 9.17) is 0 Å². The molecule has 0 saturated carbocycles. The smallest absolute Gasteiger partial charge is 0.264 e. The Balaban J connectivity index is 1.39. The first kappa shape index (κ1) is 19.0. The Kier molecular flexibility index (Phi) is 5.38. The number of nitrogens with one attached hydrogen (secondary N) is 3. The topological polar surface area (TPSA) is 85.8 Å². The van der Waals surface area contributed by atoms with Gasteiger partial charge in [0.25, 0.3) is 5.91 Å². The number of amides is 2. The van der Waals surface area contributed by atoms with Gasteiger partial charge in [0.2, 0.25) is 5.91 Å². The van der Waals surface area contributed by atoms with Gasteiger partial charge in [0.15, 0.2) is 5.17 Å². The highest BCUT2D eigenvalue weighted by molar-refractivity contribution is 8.14. The van der Waals surface area contributed by atoms with Crippen LogP contribution in [0.3, 0.4) is 0 Å². The molecule has 9 heteroatoms. The van der Waals surface area contributed by atoms with Crippen LogP contribution in [0.2, 0.25) is 0 Å². The SMILES string of the molecule is Cc1ccc(C)c(NC(=O)CSC2=NNC(=O)C3CC(c4cccs4)NN23)c1. The Morgan fingerprint density at radius 1 is 1.39 bits per heavy atom. The van der Waals surface area contributed by atoms with Crippen molar-refractivity contribution in [3.8, 4) is 0 Å². The Hall–Kier alpha value is -2.36. The molecule has 2 aliphatic heterocycles. The number of amidine groups is 1. The number of hydrogen-bond acceptors (Lipinski definition) is 7. The average molecular weight is 416 g/mol. The Morgan fingerprint density at radius 3 is 3.04 bits per heavy atom. The number of carbonyl (C=O) groups excluding carboxylic acids is 2. The van der Waals surface area contributed by atoms with Crippen LogP contribution in [0.25, 0.3) is 0 Å². The Morgan fingerprint density at radius 2 is 2.25 bits per heavy atom. The fraction of sp³-hybridized carbons (Fsp3) is 0.316. The average Bonchev–Trinajstić information content (AvgIpc) is 3.34. The third-order valence-corrected chi connectivity index (χ3v) is 6.66. The second-order valence-electron chi connectivity index (χ2n) is 6.84. The normalized spacial score (nSPS) is 21.1. The van der Waals surface area contributed by atoms with Crippen LogP contribution < -0.4 is 16.2 Å². The van der Waals surface area contributed by atoms with Crippen LogP contribution in [0, 0.1) is 13.8 Å². The molecule has 2 aromatic rings. The van der Waals surface area contributed by atoms with Crippen LogP contribution >= 0.6 is 23.1 Å². The molecule has 2 unspecified atom stereocenters. The number of hydrazine groups is 1. The van der Waals surface area contributed by atoms with Crippen LogP contribution in [0.4, 0.5) is 5.69 Å². The Labute approximate surface area is 171 Å². The van der Waals surface area contributed by atoms with Gasteiger partial charge < -0.3 is 5.32 Å². The summed E-state index contributed by atoms with van der Waals surface area (Å²) < 4.78 is 0. The van der Waals surface area contributed by atoms with Gasteiger partial charge in [0.1, 0.15) is 6.04 Å². The summed E-state index contributed by atoms with van der Waals surface area (Å²) in [7, 11) is 0. The maximum absolute atomic E-state index is 12.4. The lowest BCUT2D eigenvalue weighted by Crippen LogP contribution is -2.52. The lowest BCUT2D eigenvalue weighted by atomic mass is 10.1.